The number of para-hydroxylation sites is 1. The minimum Gasteiger partial charge on any atom is -0.469 e. The number of piperidine rings is 1. The van der Waals surface area contributed by atoms with Gasteiger partial charge >= 0.3 is 0 Å². The van der Waals surface area contributed by atoms with Crippen molar-refractivity contribution in [2.45, 2.75) is 26.2 Å². The van der Waals surface area contributed by atoms with Gasteiger partial charge in [-0.25, -0.2) is 0 Å². The molecule has 0 bridgehead atoms. The lowest BCUT2D eigenvalue weighted by atomic mass is 9.78. The fraction of sp³-hybridized carbons (Fsp3) is 0.400. The number of likely N-dealkylation sites (tertiary alicyclic amines) is 1. The number of hydrogen-bond acceptors (Lipinski definition) is 3. The maximum absolute atomic E-state index is 13.2. The normalized spacial score (nSPS) is 23.5. The summed E-state index contributed by atoms with van der Waals surface area (Å²) in [5, 5.41) is 0. The number of nitrogens with zero attached hydrogens (tertiary/aromatic N) is 2. The molecule has 2 fully saturated rings. The number of carbonyl (C=O) groups excluding carboxylic acids is 2. The monoisotopic (exact) mass is 338 g/mol. The van der Waals surface area contributed by atoms with Crippen LogP contribution in [-0.4, -0.2) is 36.3 Å². The van der Waals surface area contributed by atoms with Gasteiger partial charge in [0.05, 0.1) is 17.2 Å². The molecule has 130 valence electrons. The lowest BCUT2D eigenvalue weighted by molar-refractivity contribution is -0.127. The van der Waals surface area contributed by atoms with Gasteiger partial charge in [-0.15, -0.1) is 0 Å². The average molecular weight is 338 g/mol. The standard InChI is InChI=1S/C20H22N2O3/c1-15-17(8-13-25-15)18(23)21-11-5-9-20(14-21)10-12-22(19(20)24)16-6-3-2-4-7-16/h2-4,6-8,13H,5,9-12,14H2,1H3. The highest BCUT2D eigenvalue weighted by molar-refractivity contribution is 6.01. The van der Waals surface area contributed by atoms with Gasteiger partial charge in [0.2, 0.25) is 5.91 Å². The van der Waals surface area contributed by atoms with Crippen molar-refractivity contribution < 1.29 is 14.0 Å². The molecule has 1 atom stereocenters. The summed E-state index contributed by atoms with van der Waals surface area (Å²) in [5.74, 6) is 0.754. The summed E-state index contributed by atoms with van der Waals surface area (Å²) in [6, 6.07) is 11.5. The van der Waals surface area contributed by atoms with E-state index in [2.05, 4.69) is 0 Å². The largest absolute Gasteiger partial charge is 0.469 e. The van der Waals surface area contributed by atoms with Crippen LogP contribution >= 0.6 is 0 Å². The molecule has 5 nitrogen and oxygen atoms in total. The second-order valence-corrected chi connectivity index (χ2v) is 7.04. The topological polar surface area (TPSA) is 53.8 Å². The highest BCUT2D eigenvalue weighted by atomic mass is 16.3. The Hall–Kier alpha value is -2.56. The van der Waals surface area contributed by atoms with E-state index in [0.29, 0.717) is 24.4 Å². The number of benzene rings is 1. The van der Waals surface area contributed by atoms with Crippen LogP contribution < -0.4 is 4.90 Å². The third-order valence-corrected chi connectivity index (χ3v) is 5.53. The molecule has 1 spiro atoms. The Bertz CT molecular complexity index is 798. The van der Waals surface area contributed by atoms with Crippen molar-refractivity contribution in [2.24, 2.45) is 5.41 Å². The van der Waals surface area contributed by atoms with Crippen LogP contribution in [0.1, 0.15) is 35.4 Å². The lowest BCUT2D eigenvalue weighted by Gasteiger charge is -2.39. The van der Waals surface area contributed by atoms with Crippen molar-refractivity contribution in [1.29, 1.82) is 0 Å². The second-order valence-electron chi connectivity index (χ2n) is 7.04. The average Bonchev–Trinajstić information content (AvgIpc) is 3.20. The molecular weight excluding hydrogens is 316 g/mol. The quantitative estimate of drug-likeness (QED) is 0.845. The molecule has 5 heteroatoms. The Balaban J connectivity index is 1.56. The Labute approximate surface area is 147 Å². The van der Waals surface area contributed by atoms with Gasteiger partial charge in [-0.1, -0.05) is 18.2 Å². The third-order valence-electron chi connectivity index (χ3n) is 5.53. The molecule has 1 aromatic carbocycles. The van der Waals surface area contributed by atoms with Crippen molar-refractivity contribution in [3.05, 3.63) is 54.0 Å². The first-order chi connectivity index (χ1) is 12.1. The fourth-order valence-electron chi connectivity index (χ4n) is 4.14. The van der Waals surface area contributed by atoms with Gasteiger partial charge in [0.25, 0.3) is 5.91 Å². The van der Waals surface area contributed by atoms with Crippen LogP contribution in [0.15, 0.2) is 47.1 Å². The van der Waals surface area contributed by atoms with E-state index in [1.807, 2.05) is 40.1 Å². The van der Waals surface area contributed by atoms with Gasteiger partial charge in [-0.05, 0) is 44.4 Å². The summed E-state index contributed by atoms with van der Waals surface area (Å²) < 4.78 is 5.27. The molecule has 4 rings (SSSR count). The van der Waals surface area contributed by atoms with Gasteiger partial charge in [-0.3, -0.25) is 9.59 Å². The predicted octanol–water partition coefficient (Wildman–Crippen LogP) is 3.25. The summed E-state index contributed by atoms with van der Waals surface area (Å²) in [4.78, 5) is 29.7. The maximum Gasteiger partial charge on any atom is 0.257 e. The molecule has 2 aliphatic rings. The summed E-state index contributed by atoms with van der Waals surface area (Å²) >= 11 is 0. The van der Waals surface area contributed by atoms with E-state index in [0.717, 1.165) is 31.5 Å². The number of rotatable bonds is 2. The molecule has 2 amide bonds. The van der Waals surface area contributed by atoms with Crippen LogP contribution in [0.3, 0.4) is 0 Å². The number of hydrogen-bond donors (Lipinski definition) is 0. The number of aryl methyl sites for hydroxylation is 1. The molecule has 25 heavy (non-hydrogen) atoms. The highest BCUT2D eigenvalue weighted by Crippen LogP contribution is 2.42. The van der Waals surface area contributed by atoms with Gasteiger partial charge in [0, 0.05) is 25.3 Å². The van der Waals surface area contributed by atoms with Crippen molar-refractivity contribution in [3.8, 4) is 0 Å². The van der Waals surface area contributed by atoms with Gasteiger partial charge in [-0.2, -0.15) is 0 Å². The Morgan fingerprint density at radius 2 is 1.92 bits per heavy atom. The van der Waals surface area contributed by atoms with E-state index in [4.69, 9.17) is 4.42 Å². The van der Waals surface area contributed by atoms with E-state index >= 15 is 0 Å². The van der Waals surface area contributed by atoms with E-state index in [1.165, 1.54) is 0 Å². The summed E-state index contributed by atoms with van der Waals surface area (Å²) in [5.41, 5.74) is 1.10. The zero-order valence-corrected chi connectivity index (χ0v) is 14.4. The maximum atomic E-state index is 13.2. The van der Waals surface area contributed by atoms with Crippen LogP contribution in [0.4, 0.5) is 5.69 Å². The summed E-state index contributed by atoms with van der Waals surface area (Å²) in [6.07, 6.45) is 4.05. The first-order valence-electron chi connectivity index (χ1n) is 8.81. The van der Waals surface area contributed by atoms with E-state index in [9.17, 15) is 9.59 Å². The van der Waals surface area contributed by atoms with Crippen molar-refractivity contribution in [1.82, 2.24) is 4.90 Å². The van der Waals surface area contributed by atoms with E-state index < -0.39 is 5.41 Å². The van der Waals surface area contributed by atoms with E-state index in [-0.39, 0.29) is 11.8 Å². The van der Waals surface area contributed by atoms with Crippen LogP contribution in [0, 0.1) is 12.3 Å². The number of carbonyl (C=O) groups is 2. The molecule has 1 unspecified atom stereocenters. The van der Waals surface area contributed by atoms with Crippen LogP contribution in [0.2, 0.25) is 0 Å². The lowest BCUT2D eigenvalue weighted by Crippen LogP contribution is -2.50. The van der Waals surface area contributed by atoms with E-state index in [1.54, 1.807) is 19.3 Å². The van der Waals surface area contributed by atoms with Crippen molar-refractivity contribution in [3.63, 3.8) is 0 Å². The smallest absolute Gasteiger partial charge is 0.257 e. The van der Waals surface area contributed by atoms with Crippen molar-refractivity contribution in [2.75, 3.05) is 24.5 Å². The molecule has 0 N–H and O–H groups in total. The summed E-state index contributed by atoms with van der Waals surface area (Å²) in [6.45, 7) is 3.71. The Morgan fingerprint density at radius 1 is 1.12 bits per heavy atom. The Kier molecular flexibility index (Phi) is 3.86. The molecule has 0 radical (unpaired) electrons. The molecule has 2 aromatic rings. The molecular formula is C20H22N2O3. The molecule has 1 aromatic heterocycles. The second kappa shape index (κ2) is 6.06. The van der Waals surface area contributed by atoms with Gasteiger partial charge in [0.15, 0.2) is 0 Å². The zero-order valence-electron chi connectivity index (χ0n) is 14.4. The Morgan fingerprint density at radius 3 is 2.64 bits per heavy atom. The van der Waals surface area contributed by atoms with Crippen LogP contribution in [0.5, 0.6) is 0 Å². The van der Waals surface area contributed by atoms with Gasteiger partial charge in [0.1, 0.15) is 5.76 Å². The number of anilines is 1. The summed E-state index contributed by atoms with van der Waals surface area (Å²) in [7, 11) is 0. The molecule has 0 saturated carbocycles. The highest BCUT2D eigenvalue weighted by Gasteiger charge is 2.50. The van der Waals surface area contributed by atoms with Crippen LogP contribution in [-0.2, 0) is 4.79 Å². The first-order valence-corrected chi connectivity index (χ1v) is 8.81. The molecule has 2 aliphatic heterocycles. The third kappa shape index (κ3) is 2.64. The SMILES string of the molecule is Cc1occc1C(=O)N1CCCC2(CCN(c3ccccc3)C2=O)C1. The molecule has 0 aliphatic carbocycles. The minimum atomic E-state index is -0.443. The first kappa shape index (κ1) is 15.9. The molecule has 2 saturated heterocycles. The number of amides is 2. The fourth-order valence-corrected chi connectivity index (χ4v) is 4.14. The van der Waals surface area contributed by atoms with Crippen LogP contribution in [0.25, 0.3) is 0 Å². The van der Waals surface area contributed by atoms with Crippen molar-refractivity contribution >= 4 is 17.5 Å². The number of furan rings is 1. The minimum absolute atomic E-state index is 0.0312. The molecule has 3 heterocycles. The van der Waals surface area contributed by atoms with Gasteiger partial charge < -0.3 is 14.2 Å². The predicted molar refractivity (Wildman–Crippen MR) is 94.4 cm³/mol. The zero-order chi connectivity index (χ0) is 17.4.